The third kappa shape index (κ3) is 10.8. The number of esters is 2. The van der Waals surface area contributed by atoms with Crippen LogP contribution >= 0.6 is 8.53 Å². The molecular formula is C25H42N3O12P. The summed E-state index contributed by atoms with van der Waals surface area (Å²) in [5.74, 6) is -0.975. The Morgan fingerprint density at radius 3 is 2.02 bits per heavy atom. The minimum Gasteiger partial charge on any atom is -0.463 e. The fourth-order valence-corrected chi connectivity index (χ4v) is 5.77. The van der Waals surface area contributed by atoms with Gasteiger partial charge in [0.15, 0.2) is 6.23 Å². The summed E-state index contributed by atoms with van der Waals surface area (Å²) >= 11 is 0. The molecular weight excluding hydrogens is 565 g/mol. The van der Waals surface area contributed by atoms with Gasteiger partial charge in [-0.25, -0.2) is 9.46 Å². The predicted octanol–water partition coefficient (Wildman–Crippen LogP) is 1.66. The number of nitrogens with one attached hydrogen (secondary N) is 1. The fraction of sp³-hybridized carbons (Fsp3) is 0.760. The largest absolute Gasteiger partial charge is 0.463 e. The van der Waals surface area contributed by atoms with Crippen LogP contribution < -0.4 is 11.2 Å². The van der Waals surface area contributed by atoms with E-state index in [0.717, 1.165) is 0 Å². The van der Waals surface area contributed by atoms with Gasteiger partial charge in [-0.1, -0.05) is 0 Å². The zero-order valence-corrected chi connectivity index (χ0v) is 25.7. The molecule has 0 bridgehead atoms. The summed E-state index contributed by atoms with van der Waals surface area (Å²) in [5.41, 5.74) is -1.29. The molecule has 0 spiro atoms. The third-order valence-electron chi connectivity index (χ3n) is 5.72. The first-order valence-corrected chi connectivity index (χ1v) is 14.4. The Morgan fingerprint density at radius 1 is 1.00 bits per heavy atom. The summed E-state index contributed by atoms with van der Waals surface area (Å²) in [5, 5.41) is 0. The van der Waals surface area contributed by atoms with Crippen molar-refractivity contribution in [2.45, 2.75) is 91.6 Å². The summed E-state index contributed by atoms with van der Waals surface area (Å²) in [6.45, 7) is 10.7. The second kappa shape index (κ2) is 17.0. The quantitative estimate of drug-likeness (QED) is 0.118. The van der Waals surface area contributed by atoms with Gasteiger partial charge >= 0.3 is 17.6 Å². The molecule has 234 valence electrons. The van der Waals surface area contributed by atoms with Crippen molar-refractivity contribution in [3.8, 4) is 0 Å². The number of H-pyrrole nitrogens is 1. The summed E-state index contributed by atoms with van der Waals surface area (Å²) in [6.07, 6.45) is -2.17. The van der Waals surface area contributed by atoms with Crippen LogP contribution in [0.25, 0.3) is 0 Å². The second-order valence-corrected chi connectivity index (χ2v) is 11.1. The van der Waals surface area contributed by atoms with Gasteiger partial charge in [0.1, 0.15) is 25.4 Å². The monoisotopic (exact) mass is 607 g/mol. The molecule has 16 heteroatoms. The maximum Gasteiger partial charge on any atom is 0.330 e. The van der Waals surface area contributed by atoms with Gasteiger partial charge in [-0.3, -0.25) is 23.9 Å². The molecule has 0 saturated carbocycles. The van der Waals surface area contributed by atoms with Crippen molar-refractivity contribution >= 4 is 20.5 Å². The second-order valence-electron chi connectivity index (χ2n) is 9.62. The Labute approximate surface area is 240 Å². The molecule has 1 aromatic heterocycles. The van der Waals surface area contributed by atoms with Crippen LogP contribution in [-0.2, 0) is 47.1 Å². The molecule has 2 heterocycles. The maximum atomic E-state index is 12.7. The summed E-state index contributed by atoms with van der Waals surface area (Å²) in [6, 6.07) is 1.35. The topological polar surface area (TPSA) is 166 Å². The third-order valence-corrected chi connectivity index (χ3v) is 7.75. The van der Waals surface area contributed by atoms with E-state index in [0.29, 0.717) is 0 Å². The number of ether oxygens (including phenoxy) is 6. The van der Waals surface area contributed by atoms with Gasteiger partial charge in [-0.05, 0) is 34.6 Å². The minimum atomic E-state index is -1.60. The lowest BCUT2D eigenvalue weighted by molar-refractivity contribution is -0.320. The zero-order chi connectivity index (χ0) is 30.7. The Hall–Kier alpha value is -2.23. The van der Waals surface area contributed by atoms with E-state index in [9.17, 15) is 19.2 Å². The van der Waals surface area contributed by atoms with Crippen LogP contribution in [0, 0.1) is 0 Å². The van der Waals surface area contributed by atoms with Crippen molar-refractivity contribution < 1.29 is 47.1 Å². The number of aromatic amines is 1. The summed E-state index contributed by atoms with van der Waals surface area (Å²) in [7, 11) is -0.0568. The molecule has 41 heavy (non-hydrogen) atoms. The molecule has 0 radical (unpaired) electrons. The number of carbonyl (C=O) groups excluding carboxylic acids is 2. The Bertz CT molecular complexity index is 1050. The smallest absolute Gasteiger partial charge is 0.330 e. The van der Waals surface area contributed by atoms with Gasteiger partial charge in [-0.15, -0.1) is 0 Å². The molecule has 5 atom stereocenters. The summed E-state index contributed by atoms with van der Waals surface area (Å²) in [4.78, 5) is 49.0. The van der Waals surface area contributed by atoms with Crippen LogP contribution in [0.2, 0.25) is 0 Å². The van der Waals surface area contributed by atoms with Crippen molar-refractivity contribution in [2.75, 3.05) is 33.5 Å². The molecule has 1 fully saturated rings. The van der Waals surface area contributed by atoms with Gasteiger partial charge in [0.25, 0.3) is 20.6 Å². The van der Waals surface area contributed by atoms with Crippen molar-refractivity contribution in [1.82, 2.24) is 14.2 Å². The molecule has 15 nitrogen and oxygen atoms in total. The predicted molar refractivity (Wildman–Crippen MR) is 146 cm³/mol. The van der Waals surface area contributed by atoms with Gasteiger partial charge in [0, 0.05) is 45.3 Å². The highest BCUT2D eigenvalue weighted by Gasteiger charge is 2.49. The zero-order valence-electron chi connectivity index (χ0n) is 24.8. The SMILES string of the molecule is COP(O[C@@H]1C(OC(OCCOC(C)=O)OCCOC(C)=O)[C@H](n2ccc(=O)[nH]c2=O)O[C@@H]1C)N(C(C)C)C(C)C. The van der Waals surface area contributed by atoms with Crippen molar-refractivity contribution in [2.24, 2.45) is 0 Å². The Kier molecular flexibility index (Phi) is 14.5. The van der Waals surface area contributed by atoms with Crippen LogP contribution in [0.1, 0.15) is 54.7 Å². The van der Waals surface area contributed by atoms with Gasteiger partial charge in [-0.2, -0.15) is 0 Å². The Morgan fingerprint density at radius 2 is 1.56 bits per heavy atom. The average Bonchev–Trinajstić information content (AvgIpc) is 3.17. The van der Waals surface area contributed by atoms with Crippen molar-refractivity contribution in [1.29, 1.82) is 0 Å². The van der Waals surface area contributed by atoms with E-state index in [1.54, 1.807) is 14.0 Å². The van der Waals surface area contributed by atoms with Gasteiger partial charge in [0.05, 0.1) is 19.3 Å². The highest BCUT2D eigenvalue weighted by atomic mass is 31.2. The highest BCUT2D eigenvalue weighted by Crippen LogP contribution is 2.49. The fourth-order valence-electron chi connectivity index (χ4n) is 4.13. The number of carbonyl (C=O) groups is 2. The molecule has 0 aliphatic carbocycles. The molecule has 0 aromatic carbocycles. The first-order chi connectivity index (χ1) is 19.3. The lowest BCUT2D eigenvalue weighted by atomic mass is 10.1. The van der Waals surface area contributed by atoms with E-state index in [1.165, 1.54) is 30.7 Å². The first kappa shape index (κ1) is 35.0. The van der Waals surface area contributed by atoms with Crippen LogP contribution in [0.3, 0.4) is 0 Å². The van der Waals surface area contributed by atoms with Crippen LogP contribution in [0.15, 0.2) is 21.9 Å². The average molecular weight is 608 g/mol. The number of nitrogens with zero attached hydrogens (tertiary/aromatic N) is 2. The molecule has 1 saturated heterocycles. The van der Waals surface area contributed by atoms with E-state index < -0.39 is 62.7 Å². The Balaban J connectivity index is 2.40. The van der Waals surface area contributed by atoms with Gasteiger partial charge < -0.3 is 37.5 Å². The van der Waals surface area contributed by atoms with Crippen molar-refractivity contribution in [3.05, 3.63) is 33.1 Å². The van der Waals surface area contributed by atoms with E-state index in [2.05, 4.69) is 9.65 Å². The molecule has 2 rings (SSSR count). The lowest BCUT2D eigenvalue weighted by Gasteiger charge is -2.37. The van der Waals surface area contributed by atoms with Gasteiger partial charge in [0.2, 0.25) is 0 Å². The number of rotatable bonds is 17. The lowest BCUT2D eigenvalue weighted by Crippen LogP contribution is -2.44. The normalized spacial score (nSPS) is 21.7. The molecule has 1 N–H and O–H groups in total. The number of hydrogen-bond donors (Lipinski definition) is 1. The van der Waals surface area contributed by atoms with Crippen LogP contribution in [0.5, 0.6) is 0 Å². The molecule has 1 aliphatic heterocycles. The maximum absolute atomic E-state index is 12.7. The molecule has 0 amide bonds. The van der Waals surface area contributed by atoms with Crippen LogP contribution in [0.4, 0.5) is 0 Å². The summed E-state index contributed by atoms with van der Waals surface area (Å²) < 4.78 is 49.0. The molecule has 2 unspecified atom stereocenters. The molecule has 1 aliphatic rings. The van der Waals surface area contributed by atoms with E-state index in [1.807, 2.05) is 27.7 Å². The first-order valence-electron chi connectivity index (χ1n) is 13.3. The van der Waals surface area contributed by atoms with Crippen molar-refractivity contribution in [3.63, 3.8) is 0 Å². The van der Waals surface area contributed by atoms with E-state index in [4.69, 9.17) is 37.5 Å². The van der Waals surface area contributed by atoms with E-state index >= 15 is 0 Å². The van der Waals surface area contributed by atoms with Crippen LogP contribution in [-0.4, -0.2) is 96.6 Å². The minimum absolute atomic E-state index is 0.0739. The standard InChI is InChI=1S/C25H42N3O12P/c1-15(2)28(16(3)4)41(33-8)40-21-17(5)38-23(27-10-9-20(31)26-24(27)32)22(21)39-25(36-13-11-34-18(6)29)37-14-12-35-19(7)30/h9-10,15-17,21-23,25H,11-14H2,1-8H3,(H,26,31,32)/t17-,21+,22?,23-,41?/m1/s1. The highest BCUT2D eigenvalue weighted by molar-refractivity contribution is 7.44. The van der Waals surface area contributed by atoms with E-state index in [-0.39, 0.29) is 38.5 Å². The number of hydrogen-bond acceptors (Lipinski definition) is 13. The number of aromatic nitrogens is 2. The molecule has 1 aromatic rings.